The Kier molecular flexibility index (Phi) is 3.82. The van der Waals surface area contributed by atoms with Crippen LogP contribution in [0.25, 0.3) is 10.9 Å². The minimum atomic E-state index is 0.137. The number of benzene rings is 1. The molecule has 0 amide bonds. The quantitative estimate of drug-likeness (QED) is 0.776. The Labute approximate surface area is 102 Å². The maximum absolute atomic E-state index is 9.16. The molecule has 0 unspecified atom stereocenters. The predicted molar refractivity (Wildman–Crippen MR) is 71.1 cm³/mol. The molecule has 0 spiro atoms. The number of para-hydroxylation sites is 1. The van der Waals surface area contributed by atoms with Crippen LogP contribution in [0.4, 0.5) is 0 Å². The van der Waals surface area contributed by atoms with Crippen molar-refractivity contribution in [1.82, 2.24) is 9.88 Å². The van der Waals surface area contributed by atoms with Gasteiger partial charge in [-0.3, -0.25) is 4.90 Å². The number of likely N-dealkylation sites (N-methyl/N-ethyl adjacent to an activating group) is 1. The molecule has 0 saturated heterocycles. The fourth-order valence-electron chi connectivity index (χ4n) is 2.26. The Balaban J connectivity index is 2.20. The van der Waals surface area contributed by atoms with Crippen LogP contribution in [0.1, 0.15) is 18.2 Å². The van der Waals surface area contributed by atoms with Gasteiger partial charge >= 0.3 is 0 Å². The molecule has 0 radical (unpaired) electrons. The Bertz CT molecular complexity index is 486. The van der Waals surface area contributed by atoms with Crippen molar-refractivity contribution >= 4 is 10.9 Å². The predicted octanol–water partition coefficient (Wildman–Crippen LogP) is 2.29. The molecule has 1 heterocycles. The van der Waals surface area contributed by atoms with Gasteiger partial charge in [-0.15, -0.1) is 0 Å². The molecule has 3 heteroatoms. The standard InChI is InChI=1S/C14H20N2O/c1-3-16(10-17)9-8-12-11(2)15-14-7-5-4-6-13(12)14/h4-7,15,17H,3,8-10H2,1-2H3. The molecule has 17 heavy (non-hydrogen) atoms. The fraction of sp³-hybridized carbons (Fsp3) is 0.429. The number of aromatic nitrogens is 1. The van der Waals surface area contributed by atoms with Gasteiger partial charge in [-0.2, -0.15) is 0 Å². The minimum Gasteiger partial charge on any atom is -0.381 e. The van der Waals surface area contributed by atoms with E-state index in [1.165, 1.54) is 22.2 Å². The molecule has 0 aliphatic rings. The number of H-pyrrole nitrogens is 1. The number of aryl methyl sites for hydroxylation is 1. The molecule has 2 N–H and O–H groups in total. The Morgan fingerprint density at radius 3 is 2.76 bits per heavy atom. The zero-order valence-electron chi connectivity index (χ0n) is 10.5. The van der Waals surface area contributed by atoms with Gasteiger partial charge in [0.2, 0.25) is 0 Å². The lowest BCUT2D eigenvalue weighted by Crippen LogP contribution is -2.26. The summed E-state index contributed by atoms with van der Waals surface area (Å²) < 4.78 is 0. The van der Waals surface area contributed by atoms with Crippen LogP contribution in [-0.4, -0.2) is 34.8 Å². The van der Waals surface area contributed by atoms with Crippen molar-refractivity contribution < 1.29 is 5.11 Å². The largest absolute Gasteiger partial charge is 0.381 e. The lowest BCUT2D eigenvalue weighted by molar-refractivity contribution is 0.114. The van der Waals surface area contributed by atoms with Crippen LogP contribution in [0, 0.1) is 6.92 Å². The van der Waals surface area contributed by atoms with E-state index in [-0.39, 0.29) is 6.73 Å². The first-order chi connectivity index (χ1) is 8.26. The number of nitrogens with zero attached hydrogens (tertiary/aromatic N) is 1. The third kappa shape index (κ3) is 2.51. The molecular formula is C14H20N2O. The van der Waals surface area contributed by atoms with Crippen molar-refractivity contribution in [2.75, 3.05) is 19.8 Å². The van der Waals surface area contributed by atoms with E-state index in [2.05, 4.69) is 37.0 Å². The fourth-order valence-corrected chi connectivity index (χ4v) is 2.26. The third-order valence-corrected chi connectivity index (χ3v) is 3.35. The molecule has 2 rings (SSSR count). The maximum atomic E-state index is 9.16. The number of nitrogens with one attached hydrogen (secondary N) is 1. The van der Waals surface area contributed by atoms with Crippen LogP contribution in [0.3, 0.4) is 0 Å². The van der Waals surface area contributed by atoms with E-state index in [0.717, 1.165) is 19.5 Å². The van der Waals surface area contributed by atoms with Gasteiger partial charge < -0.3 is 10.1 Å². The van der Waals surface area contributed by atoms with Crippen molar-refractivity contribution in [3.8, 4) is 0 Å². The average molecular weight is 232 g/mol. The summed E-state index contributed by atoms with van der Waals surface area (Å²) in [5.74, 6) is 0. The highest BCUT2D eigenvalue weighted by Crippen LogP contribution is 2.22. The Morgan fingerprint density at radius 1 is 1.29 bits per heavy atom. The number of aliphatic hydroxyl groups is 1. The van der Waals surface area contributed by atoms with Crippen molar-refractivity contribution in [3.05, 3.63) is 35.5 Å². The van der Waals surface area contributed by atoms with Crippen LogP contribution in [0.15, 0.2) is 24.3 Å². The van der Waals surface area contributed by atoms with Crippen molar-refractivity contribution in [1.29, 1.82) is 0 Å². The lowest BCUT2D eigenvalue weighted by Gasteiger charge is -2.16. The Morgan fingerprint density at radius 2 is 2.06 bits per heavy atom. The number of aromatic amines is 1. The van der Waals surface area contributed by atoms with Crippen LogP contribution < -0.4 is 0 Å². The first-order valence-electron chi connectivity index (χ1n) is 6.15. The topological polar surface area (TPSA) is 39.3 Å². The molecule has 0 aliphatic carbocycles. The summed E-state index contributed by atoms with van der Waals surface area (Å²) in [7, 11) is 0. The van der Waals surface area contributed by atoms with Gasteiger partial charge in [-0.1, -0.05) is 25.1 Å². The molecular weight excluding hydrogens is 212 g/mol. The monoisotopic (exact) mass is 232 g/mol. The van der Waals surface area contributed by atoms with Gasteiger partial charge in [-0.25, -0.2) is 0 Å². The first kappa shape index (κ1) is 12.1. The second-order valence-electron chi connectivity index (χ2n) is 4.38. The molecule has 92 valence electrons. The highest BCUT2D eigenvalue weighted by Gasteiger charge is 2.09. The lowest BCUT2D eigenvalue weighted by atomic mass is 10.1. The summed E-state index contributed by atoms with van der Waals surface area (Å²) >= 11 is 0. The van der Waals surface area contributed by atoms with E-state index in [1.807, 2.05) is 11.0 Å². The number of aliphatic hydroxyl groups excluding tert-OH is 1. The number of hydrogen-bond acceptors (Lipinski definition) is 2. The van der Waals surface area contributed by atoms with Crippen LogP contribution in [-0.2, 0) is 6.42 Å². The molecule has 0 fully saturated rings. The second kappa shape index (κ2) is 5.34. The average Bonchev–Trinajstić information content (AvgIpc) is 2.67. The second-order valence-corrected chi connectivity index (χ2v) is 4.38. The summed E-state index contributed by atoms with van der Waals surface area (Å²) in [5, 5.41) is 10.5. The molecule has 0 aliphatic heterocycles. The highest BCUT2D eigenvalue weighted by atomic mass is 16.3. The first-order valence-corrected chi connectivity index (χ1v) is 6.15. The van der Waals surface area contributed by atoms with E-state index >= 15 is 0 Å². The smallest absolute Gasteiger partial charge is 0.0956 e. The number of rotatable bonds is 5. The summed E-state index contributed by atoms with van der Waals surface area (Å²) in [6, 6.07) is 8.38. The Hall–Kier alpha value is -1.32. The summed E-state index contributed by atoms with van der Waals surface area (Å²) in [6.45, 7) is 6.11. The molecule has 1 aromatic carbocycles. The van der Waals surface area contributed by atoms with Crippen LogP contribution in [0.5, 0.6) is 0 Å². The van der Waals surface area contributed by atoms with Gasteiger partial charge in [0.15, 0.2) is 0 Å². The van der Waals surface area contributed by atoms with Crippen LogP contribution >= 0.6 is 0 Å². The van der Waals surface area contributed by atoms with Crippen LogP contribution in [0.2, 0.25) is 0 Å². The normalized spacial score (nSPS) is 11.5. The highest BCUT2D eigenvalue weighted by molar-refractivity contribution is 5.84. The van der Waals surface area contributed by atoms with E-state index < -0.39 is 0 Å². The van der Waals surface area contributed by atoms with Gasteiger partial charge in [0.25, 0.3) is 0 Å². The molecule has 0 atom stereocenters. The maximum Gasteiger partial charge on any atom is 0.0956 e. The SMILES string of the molecule is CCN(CO)CCc1c(C)[nH]c2ccccc12. The molecule has 1 aromatic heterocycles. The van der Waals surface area contributed by atoms with Gasteiger partial charge in [0.1, 0.15) is 0 Å². The number of hydrogen-bond donors (Lipinski definition) is 2. The summed E-state index contributed by atoms with van der Waals surface area (Å²) in [4.78, 5) is 5.43. The van der Waals surface area contributed by atoms with E-state index in [4.69, 9.17) is 5.11 Å². The van der Waals surface area contributed by atoms with Gasteiger partial charge in [0, 0.05) is 23.1 Å². The van der Waals surface area contributed by atoms with Crippen molar-refractivity contribution in [3.63, 3.8) is 0 Å². The van der Waals surface area contributed by atoms with Gasteiger partial charge in [0.05, 0.1) is 6.73 Å². The van der Waals surface area contributed by atoms with Gasteiger partial charge in [-0.05, 0) is 31.5 Å². The zero-order chi connectivity index (χ0) is 12.3. The third-order valence-electron chi connectivity index (χ3n) is 3.35. The zero-order valence-corrected chi connectivity index (χ0v) is 10.5. The van der Waals surface area contributed by atoms with Crippen molar-refractivity contribution in [2.45, 2.75) is 20.3 Å². The number of fused-ring (bicyclic) bond motifs is 1. The molecule has 0 saturated carbocycles. The van der Waals surface area contributed by atoms with E-state index in [9.17, 15) is 0 Å². The summed E-state index contributed by atoms with van der Waals surface area (Å²) in [6.07, 6.45) is 0.976. The molecule has 0 bridgehead atoms. The molecule has 2 aromatic rings. The van der Waals surface area contributed by atoms with E-state index in [1.54, 1.807) is 0 Å². The van der Waals surface area contributed by atoms with E-state index in [0.29, 0.717) is 0 Å². The van der Waals surface area contributed by atoms with Crippen molar-refractivity contribution in [2.24, 2.45) is 0 Å². The summed E-state index contributed by atoms with van der Waals surface area (Å²) in [5.41, 5.74) is 3.81. The molecule has 3 nitrogen and oxygen atoms in total. The minimum absolute atomic E-state index is 0.137.